The minimum Gasteiger partial charge on any atom is -0.497 e. The van der Waals surface area contributed by atoms with E-state index in [-0.39, 0.29) is 5.82 Å². The molecular formula is C61H52F6O. The van der Waals surface area contributed by atoms with E-state index in [4.69, 9.17) is 4.74 Å². The number of benzene rings is 8. The van der Waals surface area contributed by atoms with Crippen molar-refractivity contribution in [2.24, 2.45) is 0 Å². The first kappa shape index (κ1) is 53.9. The van der Waals surface area contributed by atoms with E-state index < -0.39 is 34.6 Å². The number of methoxy groups -OCH3 is 1. The number of hydrogen-bond donors (Lipinski definition) is 0. The van der Waals surface area contributed by atoms with Crippen LogP contribution in [0.25, 0.3) is 64.4 Å². The maximum atomic E-state index is 12.6. The van der Waals surface area contributed by atoms with Crippen LogP contribution in [0.4, 0.5) is 26.3 Å². The van der Waals surface area contributed by atoms with Gasteiger partial charge in [-0.3, -0.25) is 0 Å². The third-order valence-electron chi connectivity index (χ3n) is 9.58. The first-order valence-corrected chi connectivity index (χ1v) is 20.9. The number of fused-ring (bicyclic) bond motifs is 1. The zero-order valence-corrected chi connectivity index (χ0v) is 37.8. The van der Waals surface area contributed by atoms with Gasteiger partial charge in [-0.25, -0.2) is 26.3 Å². The largest absolute Gasteiger partial charge is 0.497 e. The third kappa shape index (κ3) is 17.2. The van der Waals surface area contributed by atoms with E-state index in [9.17, 15) is 26.3 Å². The van der Waals surface area contributed by atoms with Crippen molar-refractivity contribution in [3.63, 3.8) is 0 Å². The normalized spacial score (nSPS) is 9.51. The van der Waals surface area contributed by atoms with Crippen LogP contribution in [0.1, 0.15) is 38.9 Å². The van der Waals surface area contributed by atoms with Crippen LogP contribution in [-0.2, 0) is 0 Å². The fourth-order valence-corrected chi connectivity index (χ4v) is 5.69. The molecule has 8 rings (SSSR count). The van der Waals surface area contributed by atoms with E-state index in [0.29, 0.717) is 6.08 Å². The Kier molecular flexibility index (Phi) is 23.1. The highest BCUT2D eigenvalue weighted by Crippen LogP contribution is 2.24. The topological polar surface area (TPSA) is 9.23 Å². The highest BCUT2D eigenvalue weighted by atomic mass is 19.2. The second kappa shape index (κ2) is 29.2. The molecule has 0 saturated heterocycles. The van der Waals surface area contributed by atoms with Crippen molar-refractivity contribution >= 4 is 53.3 Å². The van der Waals surface area contributed by atoms with Crippen molar-refractivity contribution in [2.75, 3.05) is 7.11 Å². The van der Waals surface area contributed by atoms with Crippen molar-refractivity contribution in [1.29, 1.82) is 0 Å². The molecule has 0 radical (unpaired) electrons. The van der Waals surface area contributed by atoms with Crippen molar-refractivity contribution in [2.45, 2.75) is 0 Å². The monoisotopic (exact) mass is 914 g/mol. The molecule has 0 spiro atoms. The number of hydrogen-bond acceptors (Lipinski definition) is 1. The van der Waals surface area contributed by atoms with Gasteiger partial charge in [-0.05, 0) is 85.6 Å². The molecule has 0 aliphatic heterocycles. The summed E-state index contributed by atoms with van der Waals surface area (Å²) in [6, 6.07) is 55.4. The minimum absolute atomic E-state index is 0.208. The first-order chi connectivity index (χ1) is 32.9. The van der Waals surface area contributed by atoms with Crippen LogP contribution in [-0.4, -0.2) is 7.11 Å². The summed E-state index contributed by atoms with van der Waals surface area (Å²) in [5.41, 5.74) is 8.12. The van der Waals surface area contributed by atoms with Gasteiger partial charge < -0.3 is 4.74 Å². The molecule has 0 N–H and O–H groups in total. The molecule has 0 amide bonds. The van der Waals surface area contributed by atoms with Gasteiger partial charge in [-0.2, -0.15) is 0 Å². The minimum atomic E-state index is -2.17. The Balaban J connectivity index is 0.000000219. The molecular weight excluding hydrogens is 863 g/mol. The van der Waals surface area contributed by atoms with E-state index in [1.165, 1.54) is 45.2 Å². The predicted octanol–water partition coefficient (Wildman–Crippen LogP) is 18.3. The number of rotatable bonds is 9. The molecule has 1 nitrogen and oxygen atoms in total. The maximum Gasteiger partial charge on any atom is 0.200 e. The summed E-state index contributed by atoms with van der Waals surface area (Å²) >= 11 is 0. The smallest absolute Gasteiger partial charge is 0.200 e. The van der Waals surface area contributed by atoms with Crippen LogP contribution in [0, 0.1) is 34.9 Å². The van der Waals surface area contributed by atoms with Gasteiger partial charge in [-0.15, -0.1) is 0 Å². The predicted molar refractivity (Wildman–Crippen MR) is 279 cm³/mol. The lowest BCUT2D eigenvalue weighted by molar-refractivity contribution is 0.377. The maximum absolute atomic E-state index is 12.6. The fraction of sp³-hybridized carbons (Fsp3) is 0.0164. The molecule has 8 aromatic rings. The van der Waals surface area contributed by atoms with Crippen LogP contribution in [0.15, 0.2) is 216 Å². The van der Waals surface area contributed by atoms with Gasteiger partial charge in [0.1, 0.15) is 11.6 Å². The SMILES string of the molecule is C=Cc1c(F)c(F)c(F)c(F)c1F.C=Cc1ccc(-c2ccc(C=C)cc2)cc1.C=Cc1ccc(F)cc1.C=Cc1ccc(OC)cc1.C=Cc1ccc2ccccc2c1.C=Cc1ccccc1. The summed E-state index contributed by atoms with van der Waals surface area (Å²) in [4.78, 5) is 0. The number of halogens is 6. The van der Waals surface area contributed by atoms with Gasteiger partial charge in [0.05, 0.1) is 12.7 Å². The highest BCUT2D eigenvalue weighted by Gasteiger charge is 2.23. The Morgan fingerprint density at radius 2 is 0.662 bits per heavy atom. The quantitative estimate of drug-likeness (QED) is 0.0796. The van der Waals surface area contributed by atoms with Crippen LogP contribution in [0.3, 0.4) is 0 Å². The van der Waals surface area contributed by atoms with Gasteiger partial charge in [0, 0.05) is 0 Å². The zero-order chi connectivity index (χ0) is 49.8. The van der Waals surface area contributed by atoms with Crippen molar-refractivity contribution in [1.82, 2.24) is 0 Å². The Morgan fingerprint density at radius 1 is 0.324 bits per heavy atom. The summed E-state index contributed by atoms with van der Waals surface area (Å²) in [7, 11) is 1.66. The molecule has 7 heteroatoms. The Hall–Kier alpha value is -8.42. The second-order valence-electron chi connectivity index (χ2n) is 14.0. The van der Waals surface area contributed by atoms with Gasteiger partial charge >= 0.3 is 0 Å². The van der Waals surface area contributed by atoms with Gasteiger partial charge in [0.25, 0.3) is 0 Å². The first-order valence-electron chi connectivity index (χ1n) is 20.9. The van der Waals surface area contributed by atoms with Crippen LogP contribution in [0.5, 0.6) is 5.75 Å². The number of ether oxygens (including phenoxy) is 1. The fourth-order valence-electron chi connectivity index (χ4n) is 5.69. The molecule has 0 bridgehead atoms. The lowest BCUT2D eigenvalue weighted by Crippen LogP contribution is -2.03. The zero-order valence-electron chi connectivity index (χ0n) is 37.8. The van der Waals surface area contributed by atoms with E-state index in [0.717, 1.165) is 28.0 Å². The molecule has 0 saturated carbocycles. The van der Waals surface area contributed by atoms with Gasteiger partial charge in [0.15, 0.2) is 23.3 Å². The van der Waals surface area contributed by atoms with Crippen molar-refractivity contribution in [3.05, 3.63) is 290 Å². The van der Waals surface area contributed by atoms with E-state index in [1.54, 1.807) is 31.4 Å². The molecule has 0 fully saturated rings. The van der Waals surface area contributed by atoms with Gasteiger partial charge in [-0.1, -0.05) is 228 Å². The Morgan fingerprint density at radius 3 is 1.04 bits per heavy atom. The average Bonchev–Trinajstić information content (AvgIpc) is 3.41. The van der Waals surface area contributed by atoms with E-state index in [2.05, 4.69) is 137 Å². The average molecular weight is 915 g/mol. The molecule has 0 aliphatic rings. The molecule has 0 unspecified atom stereocenters. The molecule has 0 aliphatic carbocycles. The summed E-state index contributed by atoms with van der Waals surface area (Å²) in [5.74, 6) is -9.16. The summed E-state index contributed by atoms with van der Waals surface area (Å²) in [6.07, 6.45) is 11.5. The Labute approximate surface area is 396 Å². The van der Waals surface area contributed by atoms with Crippen LogP contribution >= 0.6 is 0 Å². The van der Waals surface area contributed by atoms with Crippen LogP contribution in [0.2, 0.25) is 0 Å². The standard InChI is InChI=1S/C16H14.C12H10.C9H10O.C8H3F5.C8H7F.C8H8/c1-3-13-5-9-15(10-6-13)16-11-7-14(4-2)8-12-16;1-2-10-7-8-11-5-3-4-6-12(11)9-10;1-3-8-4-6-9(10-2)7-5-8;1-2-3-4(9)6(11)8(13)7(12)5(3)10;1-2-7-3-5-8(9)6-4-7;1-2-8-6-4-3-5-7-8/h3-12H,1-2H2;2-9H,1H2;3-7H,1H2,2H3;2H,1H2;2-6H,1H2;2-7H,1H2. The molecule has 0 heterocycles. The highest BCUT2D eigenvalue weighted by molar-refractivity contribution is 5.84. The van der Waals surface area contributed by atoms with Crippen molar-refractivity contribution in [3.8, 4) is 16.9 Å². The summed E-state index contributed by atoms with van der Waals surface area (Å²) in [5, 5.41) is 2.55. The molecule has 68 heavy (non-hydrogen) atoms. The van der Waals surface area contributed by atoms with Gasteiger partial charge in [0.2, 0.25) is 5.82 Å². The molecule has 8 aromatic carbocycles. The van der Waals surface area contributed by atoms with Crippen molar-refractivity contribution < 1.29 is 31.1 Å². The van der Waals surface area contributed by atoms with E-state index >= 15 is 0 Å². The summed E-state index contributed by atoms with van der Waals surface area (Å²) < 4.78 is 79.5. The lowest BCUT2D eigenvalue weighted by Gasteiger charge is -2.02. The lowest BCUT2D eigenvalue weighted by atomic mass is 10.0. The van der Waals surface area contributed by atoms with Crippen LogP contribution < -0.4 is 4.74 Å². The molecule has 0 aromatic heterocycles. The summed E-state index contributed by atoms with van der Waals surface area (Å²) in [6.45, 7) is 25.0. The van der Waals surface area contributed by atoms with E-state index in [1.807, 2.05) is 78.9 Å². The molecule has 0 atom stereocenters. The third-order valence-corrected chi connectivity index (χ3v) is 9.58. The molecule has 344 valence electrons. The second-order valence-corrected chi connectivity index (χ2v) is 14.0. The Bertz CT molecular complexity index is 2790.